The Balaban J connectivity index is 1.33. The number of aromatic nitrogens is 1. The van der Waals surface area contributed by atoms with Crippen molar-refractivity contribution in [2.24, 2.45) is 0 Å². The van der Waals surface area contributed by atoms with E-state index in [1.807, 2.05) is 85.1 Å². The molecule has 5 rings (SSSR count). The van der Waals surface area contributed by atoms with Crippen LogP contribution in [0, 0.1) is 0 Å². The highest BCUT2D eigenvalue weighted by molar-refractivity contribution is 5.91. The summed E-state index contributed by atoms with van der Waals surface area (Å²) in [4.78, 5) is 42.4. The van der Waals surface area contributed by atoms with Crippen molar-refractivity contribution in [3.63, 3.8) is 0 Å². The lowest BCUT2D eigenvalue weighted by molar-refractivity contribution is -0.145. The van der Waals surface area contributed by atoms with E-state index in [1.165, 1.54) is 7.11 Å². The molecule has 0 spiro atoms. The lowest BCUT2D eigenvalue weighted by Gasteiger charge is -2.24. The summed E-state index contributed by atoms with van der Waals surface area (Å²) in [6.45, 7) is 0.707. The summed E-state index contributed by atoms with van der Waals surface area (Å²) in [5, 5.41) is 9.84. The average molecular weight is 541 g/mol. The van der Waals surface area contributed by atoms with Crippen LogP contribution in [0.4, 0.5) is 10.5 Å². The van der Waals surface area contributed by atoms with Crippen molar-refractivity contribution >= 4 is 34.6 Å². The molecule has 40 heavy (non-hydrogen) atoms. The summed E-state index contributed by atoms with van der Waals surface area (Å²) in [6, 6.07) is 23.0. The van der Waals surface area contributed by atoms with E-state index in [-0.39, 0.29) is 18.9 Å². The highest BCUT2D eigenvalue weighted by atomic mass is 16.5. The molecule has 4 aromatic rings. The fraction of sp³-hybridized carbons (Fsp3) is 0.258. The van der Waals surface area contributed by atoms with Gasteiger partial charge in [0.1, 0.15) is 18.7 Å². The Morgan fingerprint density at radius 2 is 1.68 bits per heavy atom. The summed E-state index contributed by atoms with van der Waals surface area (Å²) >= 11 is 0. The van der Waals surface area contributed by atoms with E-state index in [0.717, 1.165) is 33.3 Å². The van der Waals surface area contributed by atoms with E-state index >= 15 is 0 Å². The Labute approximate surface area is 232 Å². The molecule has 0 radical (unpaired) electrons. The van der Waals surface area contributed by atoms with Crippen molar-refractivity contribution in [1.82, 2.24) is 15.6 Å². The zero-order chi connectivity index (χ0) is 27.9. The highest BCUT2D eigenvalue weighted by Crippen LogP contribution is 2.34. The summed E-state index contributed by atoms with van der Waals surface area (Å²) in [7, 11) is 1.30. The van der Waals surface area contributed by atoms with Gasteiger partial charge in [0.05, 0.1) is 7.11 Å². The molecule has 0 fully saturated rings. The number of fused-ring (bicyclic) bond motifs is 2. The van der Waals surface area contributed by atoms with Crippen LogP contribution in [0.15, 0.2) is 85.1 Å². The number of ether oxygens (including phenoxy) is 2. The van der Waals surface area contributed by atoms with E-state index in [9.17, 15) is 14.4 Å². The molecule has 4 N–H and O–H groups in total. The highest BCUT2D eigenvalue weighted by Gasteiger charge is 2.33. The van der Waals surface area contributed by atoms with Gasteiger partial charge in [-0.1, -0.05) is 66.7 Å². The van der Waals surface area contributed by atoms with Crippen molar-refractivity contribution in [2.45, 2.75) is 37.5 Å². The minimum Gasteiger partial charge on any atom is -0.467 e. The van der Waals surface area contributed by atoms with Gasteiger partial charge in [-0.05, 0) is 35.2 Å². The molecule has 3 aromatic carbocycles. The molecule has 3 unspecified atom stereocenters. The lowest BCUT2D eigenvalue weighted by atomic mass is 9.93. The van der Waals surface area contributed by atoms with Crippen molar-refractivity contribution in [3.05, 3.63) is 102 Å². The first kappa shape index (κ1) is 26.8. The van der Waals surface area contributed by atoms with E-state index in [2.05, 4.69) is 20.9 Å². The van der Waals surface area contributed by atoms with Gasteiger partial charge in [-0.2, -0.15) is 0 Å². The third kappa shape index (κ3) is 6.26. The number of carbonyl (C=O) groups is 3. The zero-order valence-electron chi connectivity index (χ0n) is 22.2. The molecule has 9 heteroatoms. The number of aromatic amines is 1. The molecule has 0 aliphatic carbocycles. The molecule has 2 amide bonds. The molecule has 2 heterocycles. The number of H-pyrrole nitrogens is 1. The predicted molar refractivity (Wildman–Crippen MR) is 152 cm³/mol. The van der Waals surface area contributed by atoms with Crippen LogP contribution in [0.1, 0.15) is 29.0 Å². The number of hydrogen-bond acceptors (Lipinski definition) is 6. The number of nitrogens with one attached hydrogen (secondary N) is 4. The van der Waals surface area contributed by atoms with Crippen LogP contribution in [-0.4, -0.2) is 48.7 Å². The normalized spacial score (nSPS) is 15.4. The standard InChI is InChI=1S/C31H32N4O5/c1-39-30(37)28(16-22-18-33-26-14-8-6-12-24(22)26)34-29(36)27(15-21-17-32-25-13-7-5-11-23(21)25)35-31(38)40-19-20-9-3-2-4-10-20/h2-14,17,22,27-28,32-33H,15-16,18-19H2,1H3,(H,34,36)(H,35,38). The van der Waals surface area contributed by atoms with Crippen molar-refractivity contribution < 1.29 is 23.9 Å². The van der Waals surface area contributed by atoms with Crippen molar-refractivity contribution in [1.29, 1.82) is 0 Å². The molecule has 0 bridgehead atoms. The second-order valence-electron chi connectivity index (χ2n) is 9.81. The minimum atomic E-state index is -0.997. The van der Waals surface area contributed by atoms with Gasteiger partial charge in [0.15, 0.2) is 0 Å². The number of hydrogen-bond donors (Lipinski definition) is 4. The molecule has 0 saturated carbocycles. The van der Waals surface area contributed by atoms with Crippen LogP contribution in [0.3, 0.4) is 0 Å². The molecular weight excluding hydrogens is 508 g/mol. The third-order valence-corrected chi connectivity index (χ3v) is 7.18. The topological polar surface area (TPSA) is 122 Å². The Morgan fingerprint density at radius 1 is 0.925 bits per heavy atom. The van der Waals surface area contributed by atoms with Gasteiger partial charge >= 0.3 is 12.1 Å². The number of anilines is 1. The Morgan fingerprint density at radius 3 is 2.50 bits per heavy atom. The SMILES string of the molecule is COC(=O)C(CC1CNc2ccccc21)NC(=O)C(Cc1c[nH]c2ccccc12)NC(=O)OCc1ccccc1. The smallest absolute Gasteiger partial charge is 0.408 e. The number of alkyl carbamates (subject to hydrolysis) is 1. The predicted octanol–water partition coefficient (Wildman–Crippen LogP) is 4.26. The van der Waals surface area contributed by atoms with Gasteiger partial charge in [-0.15, -0.1) is 0 Å². The second-order valence-corrected chi connectivity index (χ2v) is 9.81. The summed E-state index contributed by atoms with van der Waals surface area (Å²) < 4.78 is 10.4. The fourth-order valence-electron chi connectivity index (χ4n) is 5.12. The van der Waals surface area contributed by atoms with Crippen LogP contribution in [0.5, 0.6) is 0 Å². The number of rotatable bonds is 10. The molecule has 1 aromatic heterocycles. The first-order valence-corrected chi connectivity index (χ1v) is 13.2. The van der Waals surface area contributed by atoms with Crippen molar-refractivity contribution in [2.75, 3.05) is 19.0 Å². The van der Waals surface area contributed by atoms with Gasteiger partial charge in [0.25, 0.3) is 0 Å². The largest absolute Gasteiger partial charge is 0.467 e. The molecular formula is C31H32N4O5. The fourth-order valence-corrected chi connectivity index (χ4v) is 5.12. The maximum Gasteiger partial charge on any atom is 0.408 e. The first-order chi connectivity index (χ1) is 19.5. The Bertz CT molecular complexity index is 1490. The van der Waals surface area contributed by atoms with E-state index in [0.29, 0.717) is 13.0 Å². The first-order valence-electron chi connectivity index (χ1n) is 13.2. The summed E-state index contributed by atoms with van der Waals surface area (Å²) in [6.07, 6.45) is 1.63. The molecule has 9 nitrogen and oxygen atoms in total. The van der Waals surface area contributed by atoms with Gasteiger partial charge in [-0.3, -0.25) is 4.79 Å². The van der Waals surface area contributed by atoms with Crippen LogP contribution >= 0.6 is 0 Å². The number of para-hydroxylation sites is 2. The van der Waals surface area contributed by atoms with Gasteiger partial charge in [-0.25, -0.2) is 9.59 Å². The van der Waals surface area contributed by atoms with Crippen LogP contribution in [-0.2, 0) is 32.1 Å². The van der Waals surface area contributed by atoms with Crippen LogP contribution < -0.4 is 16.0 Å². The van der Waals surface area contributed by atoms with Crippen LogP contribution in [0.25, 0.3) is 10.9 Å². The summed E-state index contributed by atoms with van der Waals surface area (Å²) in [5.41, 5.74) is 4.70. The average Bonchev–Trinajstić information content (AvgIpc) is 3.59. The number of carbonyl (C=O) groups excluding carboxylic acids is 3. The lowest BCUT2D eigenvalue weighted by Crippen LogP contribution is -2.53. The number of amides is 2. The Hall–Kier alpha value is -4.79. The maximum absolute atomic E-state index is 13.7. The molecule has 0 saturated heterocycles. The monoisotopic (exact) mass is 540 g/mol. The van der Waals surface area contributed by atoms with Gasteiger partial charge < -0.3 is 30.4 Å². The molecule has 1 aliphatic rings. The maximum atomic E-state index is 13.7. The van der Waals surface area contributed by atoms with Gasteiger partial charge in [0, 0.05) is 41.7 Å². The van der Waals surface area contributed by atoms with Gasteiger partial charge in [0.2, 0.25) is 5.91 Å². The van der Waals surface area contributed by atoms with E-state index in [4.69, 9.17) is 9.47 Å². The minimum absolute atomic E-state index is 0.0106. The number of benzene rings is 3. The molecule has 206 valence electrons. The van der Waals surface area contributed by atoms with Crippen LogP contribution in [0.2, 0.25) is 0 Å². The number of methoxy groups -OCH3 is 1. The van der Waals surface area contributed by atoms with E-state index < -0.39 is 30.1 Å². The summed E-state index contributed by atoms with van der Waals surface area (Å²) in [5.74, 6) is -1.04. The molecule has 1 aliphatic heterocycles. The second kappa shape index (κ2) is 12.4. The Kier molecular flexibility index (Phi) is 8.29. The van der Waals surface area contributed by atoms with Crippen molar-refractivity contribution in [3.8, 4) is 0 Å². The van der Waals surface area contributed by atoms with E-state index in [1.54, 1.807) is 0 Å². The quantitative estimate of drug-likeness (QED) is 0.223. The third-order valence-electron chi connectivity index (χ3n) is 7.18. The number of esters is 1. The zero-order valence-corrected chi connectivity index (χ0v) is 22.2. The molecule has 3 atom stereocenters.